The van der Waals surface area contributed by atoms with E-state index in [1.54, 1.807) is 24.4 Å². The third-order valence-corrected chi connectivity index (χ3v) is 4.72. The smallest absolute Gasteiger partial charge is 0.295 e. The fourth-order valence-electron chi connectivity index (χ4n) is 3.23. The summed E-state index contributed by atoms with van der Waals surface area (Å²) >= 11 is 0. The SMILES string of the molecule is COc1ccc(C(O)=C2C(=O)C(=O)N(CCN(C)C)[C@H]2c2ccccn2)cc1F. The van der Waals surface area contributed by atoms with Crippen molar-refractivity contribution < 1.29 is 23.8 Å². The van der Waals surface area contributed by atoms with Crippen LogP contribution in [0.25, 0.3) is 5.76 Å². The van der Waals surface area contributed by atoms with Gasteiger partial charge in [0.1, 0.15) is 11.8 Å². The summed E-state index contributed by atoms with van der Waals surface area (Å²) in [6.45, 7) is 0.792. The second kappa shape index (κ2) is 8.40. The number of methoxy groups -OCH3 is 1. The summed E-state index contributed by atoms with van der Waals surface area (Å²) in [6, 6.07) is 8.12. The molecule has 0 saturated carbocycles. The predicted molar refractivity (Wildman–Crippen MR) is 105 cm³/mol. The minimum atomic E-state index is -0.860. The molecular formula is C21H22FN3O4. The van der Waals surface area contributed by atoms with Crippen molar-refractivity contribution >= 4 is 17.4 Å². The maximum absolute atomic E-state index is 14.1. The Hall–Kier alpha value is -3.26. The molecule has 0 radical (unpaired) electrons. The first-order chi connectivity index (χ1) is 13.8. The summed E-state index contributed by atoms with van der Waals surface area (Å²) in [5.74, 6) is -2.68. The molecule has 2 aromatic rings. The van der Waals surface area contributed by atoms with Gasteiger partial charge in [-0.25, -0.2) is 4.39 Å². The van der Waals surface area contributed by atoms with Gasteiger partial charge in [0.05, 0.1) is 18.4 Å². The lowest BCUT2D eigenvalue weighted by Crippen LogP contribution is -2.35. The Kier molecular flexibility index (Phi) is 5.93. The minimum absolute atomic E-state index is 0.00857. The Morgan fingerprint density at radius 1 is 1.28 bits per heavy atom. The van der Waals surface area contributed by atoms with E-state index in [4.69, 9.17) is 4.74 Å². The van der Waals surface area contributed by atoms with E-state index in [0.29, 0.717) is 12.2 Å². The number of halogens is 1. The van der Waals surface area contributed by atoms with Gasteiger partial charge in [-0.2, -0.15) is 0 Å². The number of amides is 1. The zero-order chi connectivity index (χ0) is 21.1. The van der Waals surface area contributed by atoms with Crippen LogP contribution in [-0.4, -0.2) is 65.9 Å². The maximum Gasteiger partial charge on any atom is 0.295 e. The van der Waals surface area contributed by atoms with E-state index < -0.39 is 29.3 Å². The molecule has 0 aliphatic carbocycles. The lowest BCUT2D eigenvalue weighted by Gasteiger charge is -2.25. The molecule has 8 heteroatoms. The molecule has 1 N–H and O–H groups in total. The zero-order valence-electron chi connectivity index (χ0n) is 16.4. The number of aliphatic hydroxyl groups is 1. The van der Waals surface area contributed by atoms with Gasteiger partial charge in [0, 0.05) is 24.8 Å². The van der Waals surface area contributed by atoms with Crippen LogP contribution in [0.15, 0.2) is 48.2 Å². The molecule has 1 amide bonds. The molecule has 0 spiro atoms. The summed E-state index contributed by atoms with van der Waals surface area (Å²) in [5, 5.41) is 10.9. The molecule has 0 unspecified atom stereocenters. The highest BCUT2D eigenvalue weighted by Gasteiger charge is 2.46. The average molecular weight is 399 g/mol. The molecule has 3 rings (SSSR count). The predicted octanol–water partition coefficient (Wildman–Crippen LogP) is 2.21. The number of carbonyl (C=O) groups is 2. The molecule has 1 saturated heterocycles. The second-order valence-corrected chi connectivity index (χ2v) is 6.90. The highest BCUT2D eigenvalue weighted by atomic mass is 19.1. The van der Waals surface area contributed by atoms with Crippen molar-refractivity contribution in [2.24, 2.45) is 0 Å². The highest BCUT2D eigenvalue weighted by Crippen LogP contribution is 2.38. The zero-order valence-corrected chi connectivity index (χ0v) is 16.4. The van der Waals surface area contributed by atoms with Crippen molar-refractivity contribution in [2.75, 3.05) is 34.3 Å². The van der Waals surface area contributed by atoms with Gasteiger partial charge in [0.25, 0.3) is 11.7 Å². The van der Waals surface area contributed by atoms with Crippen LogP contribution in [0.2, 0.25) is 0 Å². The number of ketones is 1. The van der Waals surface area contributed by atoms with Crippen molar-refractivity contribution in [3.8, 4) is 5.75 Å². The number of ether oxygens (including phenoxy) is 1. The van der Waals surface area contributed by atoms with E-state index >= 15 is 0 Å². The van der Waals surface area contributed by atoms with Crippen LogP contribution >= 0.6 is 0 Å². The monoisotopic (exact) mass is 399 g/mol. The number of likely N-dealkylation sites (N-methyl/N-ethyl adjacent to an activating group) is 1. The van der Waals surface area contributed by atoms with Crippen LogP contribution in [0.1, 0.15) is 17.3 Å². The molecular weight excluding hydrogens is 377 g/mol. The van der Waals surface area contributed by atoms with Crippen LogP contribution in [0, 0.1) is 5.82 Å². The largest absolute Gasteiger partial charge is 0.507 e. The number of nitrogens with zero attached hydrogens (tertiary/aromatic N) is 3. The number of hydrogen-bond acceptors (Lipinski definition) is 6. The van der Waals surface area contributed by atoms with E-state index in [-0.39, 0.29) is 23.4 Å². The molecule has 1 aliphatic rings. The van der Waals surface area contributed by atoms with Gasteiger partial charge in [-0.15, -0.1) is 0 Å². The molecule has 7 nitrogen and oxygen atoms in total. The molecule has 29 heavy (non-hydrogen) atoms. The standard InChI is InChI=1S/C21H22FN3O4/c1-24(2)10-11-25-18(15-6-4-5-9-23-15)17(20(27)21(25)28)19(26)13-7-8-16(29-3)14(22)12-13/h4-9,12,18,26H,10-11H2,1-3H3/t18-/m0/s1. The average Bonchev–Trinajstić information content (AvgIpc) is 2.97. The Balaban J connectivity index is 2.13. The lowest BCUT2D eigenvalue weighted by atomic mass is 9.98. The number of Topliss-reactive ketones (excluding diaryl/α,β-unsaturated/α-hetero) is 1. The highest BCUT2D eigenvalue weighted by molar-refractivity contribution is 6.46. The molecule has 1 atom stereocenters. The van der Waals surface area contributed by atoms with Crippen LogP contribution in [0.4, 0.5) is 4.39 Å². The van der Waals surface area contributed by atoms with Gasteiger partial charge in [0.2, 0.25) is 0 Å². The van der Waals surface area contributed by atoms with Gasteiger partial charge in [-0.3, -0.25) is 14.6 Å². The first-order valence-electron chi connectivity index (χ1n) is 9.03. The van der Waals surface area contributed by atoms with Gasteiger partial charge in [-0.1, -0.05) is 6.07 Å². The number of rotatable bonds is 6. The molecule has 2 heterocycles. The molecule has 1 aromatic heterocycles. The van der Waals surface area contributed by atoms with Crippen LogP contribution in [0.5, 0.6) is 5.75 Å². The number of benzene rings is 1. The summed E-state index contributed by atoms with van der Waals surface area (Å²) in [4.78, 5) is 33.1. The van der Waals surface area contributed by atoms with Gasteiger partial charge < -0.3 is 19.6 Å². The van der Waals surface area contributed by atoms with E-state index in [1.165, 1.54) is 24.1 Å². The third-order valence-electron chi connectivity index (χ3n) is 4.72. The number of hydrogen-bond donors (Lipinski definition) is 1. The summed E-state index contributed by atoms with van der Waals surface area (Å²) < 4.78 is 19.0. The van der Waals surface area contributed by atoms with E-state index in [0.717, 1.165) is 6.07 Å². The first kappa shape index (κ1) is 20.5. The number of aromatic nitrogens is 1. The van der Waals surface area contributed by atoms with Gasteiger partial charge in [-0.05, 0) is 44.4 Å². The molecule has 1 aromatic carbocycles. The van der Waals surface area contributed by atoms with E-state index in [1.807, 2.05) is 19.0 Å². The van der Waals surface area contributed by atoms with Gasteiger partial charge >= 0.3 is 0 Å². The van der Waals surface area contributed by atoms with Gasteiger partial charge in [0.15, 0.2) is 11.6 Å². The number of carbonyl (C=O) groups excluding carboxylic acids is 2. The minimum Gasteiger partial charge on any atom is -0.507 e. The van der Waals surface area contributed by atoms with Crippen LogP contribution in [0.3, 0.4) is 0 Å². The normalized spacial score (nSPS) is 18.5. The Morgan fingerprint density at radius 3 is 2.62 bits per heavy atom. The Morgan fingerprint density at radius 2 is 2.03 bits per heavy atom. The molecule has 1 aliphatic heterocycles. The Bertz CT molecular complexity index is 960. The maximum atomic E-state index is 14.1. The fourth-order valence-corrected chi connectivity index (χ4v) is 3.23. The quantitative estimate of drug-likeness (QED) is 0.456. The van der Waals surface area contributed by atoms with Crippen molar-refractivity contribution in [1.29, 1.82) is 0 Å². The molecule has 1 fully saturated rings. The van der Waals surface area contributed by atoms with Crippen molar-refractivity contribution in [1.82, 2.24) is 14.8 Å². The van der Waals surface area contributed by atoms with Crippen molar-refractivity contribution in [3.05, 3.63) is 65.2 Å². The van der Waals surface area contributed by atoms with Crippen molar-refractivity contribution in [2.45, 2.75) is 6.04 Å². The molecule has 0 bridgehead atoms. The second-order valence-electron chi connectivity index (χ2n) is 6.90. The summed E-state index contributed by atoms with van der Waals surface area (Å²) in [6.07, 6.45) is 1.55. The number of likely N-dealkylation sites (tertiary alicyclic amines) is 1. The number of aliphatic hydroxyl groups excluding tert-OH is 1. The topological polar surface area (TPSA) is 83.0 Å². The lowest BCUT2D eigenvalue weighted by molar-refractivity contribution is -0.140. The summed E-state index contributed by atoms with van der Waals surface area (Å²) in [7, 11) is 5.04. The first-order valence-corrected chi connectivity index (χ1v) is 9.03. The number of pyridine rings is 1. The van der Waals surface area contributed by atoms with Crippen LogP contribution in [-0.2, 0) is 9.59 Å². The van der Waals surface area contributed by atoms with Crippen LogP contribution < -0.4 is 4.74 Å². The molecule has 152 valence electrons. The fraction of sp³-hybridized carbons (Fsp3) is 0.286. The Labute approximate surface area is 168 Å². The van der Waals surface area contributed by atoms with E-state index in [9.17, 15) is 19.1 Å². The summed E-state index contributed by atoms with van der Waals surface area (Å²) in [5.41, 5.74) is 0.410. The third kappa shape index (κ3) is 3.97. The van der Waals surface area contributed by atoms with Crippen molar-refractivity contribution in [3.63, 3.8) is 0 Å². The van der Waals surface area contributed by atoms with E-state index in [2.05, 4.69) is 4.98 Å².